The van der Waals surface area contributed by atoms with Gasteiger partial charge in [-0.1, -0.05) is 60.1 Å². The van der Waals surface area contributed by atoms with E-state index < -0.39 is 38.2 Å². The van der Waals surface area contributed by atoms with Gasteiger partial charge in [0.25, 0.3) is 5.92 Å². The Balaban J connectivity index is 1.37. The maximum absolute atomic E-state index is 17.2. The first-order valence-corrected chi connectivity index (χ1v) is 17.9. The molecule has 246 valence electrons. The van der Waals surface area contributed by atoms with E-state index in [1.165, 1.54) is 29.2 Å². The van der Waals surface area contributed by atoms with Crippen LogP contribution >= 0.6 is 11.6 Å². The van der Waals surface area contributed by atoms with Crippen LogP contribution in [0.25, 0.3) is 21.9 Å². The number of likely N-dealkylation sites (tertiary alicyclic amines) is 1. The number of alkyl halides is 2. The van der Waals surface area contributed by atoms with Gasteiger partial charge in [0, 0.05) is 36.3 Å². The summed E-state index contributed by atoms with van der Waals surface area (Å²) in [7, 11) is -4.52. The SMILES string of the molecule is NS(=O)(=O)c1ccc2cc(OC3CCCC3)ccc2c1[C@@H](C(=O)N1CC[C@@H]2CNC[C@@H]21)C(F)(F)c1ccc(-c2ccc(Cl)cc2)cc1. The fourth-order valence-electron chi connectivity index (χ4n) is 7.57. The fourth-order valence-corrected chi connectivity index (χ4v) is 8.49. The predicted octanol–water partition coefficient (Wildman–Crippen LogP) is 6.82. The van der Waals surface area contributed by atoms with Crippen LogP contribution in [0.4, 0.5) is 8.78 Å². The molecule has 47 heavy (non-hydrogen) atoms. The molecule has 1 aliphatic carbocycles. The molecule has 3 fully saturated rings. The highest BCUT2D eigenvalue weighted by Gasteiger charge is 2.53. The first kappa shape index (κ1) is 32.0. The van der Waals surface area contributed by atoms with E-state index in [1.54, 1.807) is 54.6 Å². The number of amides is 1. The van der Waals surface area contributed by atoms with E-state index in [4.69, 9.17) is 21.5 Å². The largest absolute Gasteiger partial charge is 0.490 e. The number of primary sulfonamides is 1. The summed E-state index contributed by atoms with van der Waals surface area (Å²) in [6.45, 7) is 1.50. The minimum atomic E-state index is -4.52. The molecule has 1 amide bonds. The number of nitrogens with zero attached hydrogens (tertiary/aromatic N) is 1. The van der Waals surface area contributed by atoms with Crippen molar-refractivity contribution >= 4 is 38.3 Å². The molecule has 2 heterocycles. The molecule has 0 bridgehead atoms. The minimum Gasteiger partial charge on any atom is -0.490 e. The molecule has 3 N–H and O–H groups in total. The second-order valence-corrected chi connectivity index (χ2v) is 14.8. The monoisotopic (exact) mass is 679 g/mol. The van der Waals surface area contributed by atoms with E-state index >= 15 is 8.78 Å². The van der Waals surface area contributed by atoms with Gasteiger partial charge < -0.3 is 15.0 Å². The summed E-state index contributed by atoms with van der Waals surface area (Å²) in [5, 5.41) is 10.2. The molecule has 0 aromatic heterocycles. The number of carbonyl (C=O) groups excluding carboxylic acids is 1. The van der Waals surface area contributed by atoms with E-state index in [0.29, 0.717) is 47.8 Å². The lowest BCUT2D eigenvalue weighted by Crippen LogP contribution is -2.46. The molecule has 2 aliphatic heterocycles. The third-order valence-corrected chi connectivity index (χ3v) is 11.2. The molecule has 7 rings (SSSR count). The highest BCUT2D eigenvalue weighted by molar-refractivity contribution is 7.89. The van der Waals surface area contributed by atoms with Crippen LogP contribution in [0.2, 0.25) is 5.02 Å². The summed E-state index contributed by atoms with van der Waals surface area (Å²) in [4.78, 5) is 15.6. The van der Waals surface area contributed by atoms with Crippen molar-refractivity contribution in [2.75, 3.05) is 19.6 Å². The van der Waals surface area contributed by atoms with Crippen LogP contribution in [0, 0.1) is 5.92 Å². The summed E-state index contributed by atoms with van der Waals surface area (Å²) < 4.78 is 66.8. The van der Waals surface area contributed by atoms with Crippen molar-refractivity contribution in [3.05, 3.63) is 95.0 Å². The van der Waals surface area contributed by atoms with E-state index in [0.717, 1.165) is 31.2 Å². The van der Waals surface area contributed by atoms with Crippen LogP contribution in [-0.2, 0) is 20.7 Å². The number of nitrogens with one attached hydrogen (secondary N) is 1. The van der Waals surface area contributed by atoms with Gasteiger partial charge in [0.2, 0.25) is 15.9 Å². The lowest BCUT2D eigenvalue weighted by molar-refractivity contribution is -0.144. The van der Waals surface area contributed by atoms with Gasteiger partial charge in [-0.25, -0.2) is 22.3 Å². The van der Waals surface area contributed by atoms with Crippen molar-refractivity contribution in [2.45, 2.75) is 61.0 Å². The van der Waals surface area contributed by atoms with Crippen molar-refractivity contribution in [2.24, 2.45) is 11.1 Å². The van der Waals surface area contributed by atoms with E-state index in [2.05, 4.69) is 5.32 Å². The molecule has 11 heteroatoms. The van der Waals surface area contributed by atoms with E-state index in [1.807, 2.05) is 0 Å². The molecule has 3 atom stereocenters. The van der Waals surface area contributed by atoms with Crippen molar-refractivity contribution < 1.29 is 26.7 Å². The average Bonchev–Trinajstić information content (AvgIpc) is 3.81. The maximum atomic E-state index is 17.2. The van der Waals surface area contributed by atoms with Gasteiger partial charge in [0.15, 0.2) is 0 Å². The Morgan fingerprint density at radius 3 is 2.30 bits per heavy atom. The Bertz CT molecular complexity index is 1920. The lowest BCUT2D eigenvalue weighted by Gasteiger charge is -2.34. The van der Waals surface area contributed by atoms with Crippen LogP contribution in [0.5, 0.6) is 5.75 Å². The zero-order valence-corrected chi connectivity index (χ0v) is 27.2. The summed E-state index contributed by atoms with van der Waals surface area (Å²) in [5.74, 6) is -6.09. The molecular weight excluding hydrogens is 644 g/mol. The normalized spacial score (nSPS) is 20.9. The topological polar surface area (TPSA) is 102 Å². The summed E-state index contributed by atoms with van der Waals surface area (Å²) >= 11 is 6.03. The van der Waals surface area contributed by atoms with E-state index in [9.17, 15) is 13.2 Å². The van der Waals surface area contributed by atoms with Crippen LogP contribution in [0.3, 0.4) is 0 Å². The van der Waals surface area contributed by atoms with Gasteiger partial charge in [-0.3, -0.25) is 4.79 Å². The Kier molecular flexibility index (Phi) is 8.49. The highest BCUT2D eigenvalue weighted by Crippen LogP contribution is 2.49. The number of sulfonamides is 1. The number of benzene rings is 4. The van der Waals surface area contributed by atoms with Gasteiger partial charge in [0.05, 0.1) is 11.0 Å². The quantitative estimate of drug-likeness (QED) is 0.213. The molecule has 0 spiro atoms. The second kappa shape index (κ2) is 12.5. The number of hydrogen-bond donors (Lipinski definition) is 2. The van der Waals surface area contributed by atoms with Gasteiger partial charge in [-0.05, 0) is 95.8 Å². The third-order valence-electron chi connectivity index (χ3n) is 9.98. The minimum absolute atomic E-state index is 0.0632. The fraction of sp³-hybridized carbons (Fsp3) is 0.361. The Morgan fingerprint density at radius 2 is 1.62 bits per heavy atom. The Hall–Kier alpha value is -3.57. The molecule has 0 radical (unpaired) electrons. The van der Waals surface area contributed by atoms with Crippen LogP contribution < -0.4 is 15.2 Å². The number of rotatable bonds is 8. The first-order chi connectivity index (χ1) is 22.5. The number of halogens is 3. The van der Waals surface area contributed by atoms with Crippen LogP contribution in [-0.4, -0.2) is 51.0 Å². The summed E-state index contributed by atoms with van der Waals surface area (Å²) in [6.07, 6.45) is 4.76. The van der Waals surface area contributed by atoms with E-state index in [-0.39, 0.29) is 29.0 Å². The lowest BCUT2D eigenvalue weighted by atomic mass is 9.83. The number of fused-ring (bicyclic) bond motifs is 2. The van der Waals surface area contributed by atoms with Crippen molar-refractivity contribution in [3.63, 3.8) is 0 Å². The average molecular weight is 680 g/mol. The molecule has 0 unspecified atom stereocenters. The second-order valence-electron chi connectivity index (χ2n) is 12.9. The van der Waals surface area contributed by atoms with Crippen molar-refractivity contribution in [3.8, 4) is 16.9 Å². The molecule has 2 saturated heterocycles. The van der Waals surface area contributed by atoms with Crippen LogP contribution in [0.15, 0.2) is 83.8 Å². The zero-order valence-electron chi connectivity index (χ0n) is 25.7. The predicted molar refractivity (Wildman–Crippen MR) is 178 cm³/mol. The summed E-state index contributed by atoms with van der Waals surface area (Å²) in [6, 6.07) is 20.2. The van der Waals surface area contributed by atoms with Gasteiger partial charge in [-0.15, -0.1) is 0 Å². The number of nitrogens with two attached hydrogens (primary N) is 1. The highest BCUT2D eigenvalue weighted by atomic mass is 35.5. The molecule has 7 nitrogen and oxygen atoms in total. The number of carbonyl (C=O) groups is 1. The van der Waals surface area contributed by atoms with Gasteiger partial charge >= 0.3 is 0 Å². The van der Waals surface area contributed by atoms with Crippen molar-refractivity contribution in [1.29, 1.82) is 0 Å². The standard InChI is InChI=1S/C36H36ClF2N3O4S/c37-27-12-7-23(8-13-27)22-5-10-26(11-6-22)36(38,39)34(35(43)42-18-17-25-20-41-21-31(25)42)33-30-15-14-29(46-28-3-1-2-4-28)19-24(30)9-16-32(33)47(40,44)45/h5-16,19,25,28,31,34,41H,1-4,17-18,20-21H2,(H2,40,44,45)/t25-,31+,34+/m1/s1. The van der Waals surface area contributed by atoms with Crippen LogP contribution in [0.1, 0.15) is 49.1 Å². The maximum Gasteiger partial charge on any atom is 0.288 e. The van der Waals surface area contributed by atoms with Crippen molar-refractivity contribution in [1.82, 2.24) is 10.2 Å². The Morgan fingerprint density at radius 1 is 0.936 bits per heavy atom. The molecule has 4 aromatic rings. The third kappa shape index (κ3) is 6.12. The molecular formula is C36H36ClF2N3O4S. The molecule has 4 aromatic carbocycles. The number of hydrogen-bond acceptors (Lipinski definition) is 5. The first-order valence-electron chi connectivity index (χ1n) is 16.0. The van der Waals surface area contributed by atoms with Gasteiger partial charge in [0.1, 0.15) is 11.7 Å². The smallest absolute Gasteiger partial charge is 0.288 e. The number of ether oxygens (including phenoxy) is 1. The zero-order chi connectivity index (χ0) is 32.9. The summed E-state index contributed by atoms with van der Waals surface area (Å²) in [5.41, 5.74) is 0.764. The molecule has 3 aliphatic rings. The Labute approximate surface area is 278 Å². The van der Waals surface area contributed by atoms with Gasteiger partial charge in [-0.2, -0.15) is 0 Å². The molecule has 1 saturated carbocycles.